The Balaban J connectivity index is 1.83. The molecule has 0 atom stereocenters. The van der Waals surface area contributed by atoms with Crippen LogP contribution in [0.25, 0.3) is 10.8 Å². The number of rotatable bonds is 6. The number of aromatic nitrogens is 1. The summed E-state index contributed by atoms with van der Waals surface area (Å²) in [5.41, 5.74) is 1.23. The van der Waals surface area contributed by atoms with Crippen LogP contribution in [0.4, 0.5) is 0 Å². The lowest BCUT2D eigenvalue weighted by atomic mass is 10.1. The molecule has 1 aromatic heterocycles. The van der Waals surface area contributed by atoms with Crippen molar-refractivity contribution in [2.45, 2.75) is 6.54 Å². The van der Waals surface area contributed by atoms with E-state index in [2.05, 4.69) is 10.3 Å². The zero-order valence-corrected chi connectivity index (χ0v) is 14.9. The molecule has 0 bridgehead atoms. The zero-order valence-electron chi connectivity index (χ0n) is 14.9. The third-order valence-electron chi connectivity index (χ3n) is 4.07. The second-order valence-electron chi connectivity index (χ2n) is 5.60. The molecule has 0 aliphatic carbocycles. The Morgan fingerprint density at radius 1 is 1.00 bits per heavy atom. The number of nitrogens with one attached hydrogen (secondary N) is 1. The van der Waals surface area contributed by atoms with Crippen molar-refractivity contribution in [2.75, 3.05) is 21.3 Å². The van der Waals surface area contributed by atoms with Gasteiger partial charge in [-0.2, -0.15) is 0 Å². The van der Waals surface area contributed by atoms with Gasteiger partial charge in [0.15, 0.2) is 11.5 Å². The molecule has 1 heterocycles. The normalized spacial score (nSPS) is 10.4. The van der Waals surface area contributed by atoms with Crippen LogP contribution in [-0.4, -0.2) is 32.2 Å². The van der Waals surface area contributed by atoms with Gasteiger partial charge in [-0.15, -0.1) is 0 Å². The molecule has 0 spiro atoms. The summed E-state index contributed by atoms with van der Waals surface area (Å²) in [7, 11) is 4.66. The Bertz CT molecular complexity index is 910. The van der Waals surface area contributed by atoms with Crippen molar-refractivity contribution >= 4 is 16.7 Å². The summed E-state index contributed by atoms with van der Waals surface area (Å²) in [5.74, 6) is 1.36. The number of fused-ring (bicyclic) bond motifs is 1. The number of hydrogen-bond acceptors (Lipinski definition) is 5. The number of amides is 1. The van der Waals surface area contributed by atoms with Crippen molar-refractivity contribution in [3.05, 3.63) is 59.9 Å². The topological polar surface area (TPSA) is 69.7 Å². The van der Waals surface area contributed by atoms with E-state index in [1.165, 1.54) is 0 Å². The van der Waals surface area contributed by atoms with Crippen molar-refractivity contribution in [3.8, 4) is 17.2 Å². The van der Waals surface area contributed by atoms with E-state index in [9.17, 15) is 4.79 Å². The first-order valence-electron chi connectivity index (χ1n) is 8.08. The number of benzene rings is 2. The van der Waals surface area contributed by atoms with Gasteiger partial charge in [-0.25, -0.2) is 0 Å². The quantitative estimate of drug-likeness (QED) is 0.738. The molecule has 0 unspecified atom stereocenters. The first kappa shape index (κ1) is 17.5. The number of carbonyl (C=O) groups excluding carboxylic acids is 1. The Hall–Kier alpha value is -3.28. The second kappa shape index (κ2) is 7.74. The van der Waals surface area contributed by atoms with Gasteiger partial charge in [-0.05, 0) is 29.1 Å². The van der Waals surface area contributed by atoms with Gasteiger partial charge < -0.3 is 19.5 Å². The molecule has 0 saturated carbocycles. The Kier molecular flexibility index (Phi) is 5.22. The Morgan fingerprint density at radius 3 is 2.35 bits per heavy atom. The van der Waals surface area contributed by atoms with Crippen molar-refractivity contribution in [1.29, 1.82) is 0 Å². The lowest BCUT2D eigenvalue weighted by Crippen LogP contribution is -2.24. The minimum Gasteiger partial charge on any atom is -0.493 e. The molecule has 0 radical (unpaired) electrons. The first-order valence-corrected chi connectivity index (χ1v) is 8.08. The molecule has 2 aromatic carbocycles. The van der Waals surface area contributed by atoms with Gasteiger partial charge in [-0.3, -0.25) is 9.78 Å². The van der Waals surface area contributed by atoms with E-state index in [0.29, 0.717) is 29.5 Å². The van der Waals surface area contributed by atoms with Gasteiger partial charge in [0.1, 0.15) is 5.69 Å². The third kappa shape index (κ3) is 3.39. The number of hydrogen-bond donors (Lipinski definition) is 1. The molecule has 3 aromatic rings. The summed E-state index contributed by atoms with van der Waals surface area (Å²) in [4.78, 5) is 16.8. The highest BCUT2D eigenvalue weighted by atomic mass is 16.5. The minimum atomic E-state index is -0.240. The predicted molar refractivity (Wildman–Crippen MR) is 99.0 cm³/mol. The van der Waals surface area contributed by atoms with E-state index >= 15 is 0 Å². The van der Waals surface area contributed by atoms with Crippen LogP contribution in [0.5, 0.6) is 17.2 Å². The second-order valence-corrected chi connectivity index (χ2v) is 5.60. The summed E-state index contributed by atoms with van der Waals surface area (Å²) in [6.45, 7) is 0.306. The Morgan fingerprint density at radius 2 is 1.69 bits per heavy atom. The highest BCUT2D eigenvalue weighted by molar-refractivity contribution is 6.05. The fourth-order valence-electron chi connectivity index (χ4n) is 2.80. The standard InChI is InChI=1S/C20H20N2O4/c1-24-16-10-13(11-17(25-2)19(16)26-3)12-22-20(23)18-15-7-5-4-6-14(15)8-9-21-18/h4-11H,12H2,1-3H3,(H,22,23). The molecule has 134 valence electrons. The van der Waals surface area contributed by atoms with E-state index in [1.54, 1.807) is 39.7 Å². The SMILES string of the molecule is COc1cc(CNC(=O)c2nccc3ccccc23)cc(OC)c1OC. The van der Waals surface area contributed by atoms with Gasteiger partial charge in [0, 0.05) is 18.1 Å². The maximum absolute atomic E-state index is 12.6. The number of ether oxygens (including phenoxy) is 3. The van der Waals surface area contributed by atoms with Gasteiger partial charge in [0.2, 0.25) is 5.75 Å². The summed E-state index contributed by atoms with van der Waals surface area (Å²) in [6.07, 6.45) is 1.64. The summed E-state index contributed by atoms with van der Waals surface area (Å²) in [5, 5.41) is 4.68. The van der Waals surface area contributed by atoms with Crippen LogP contribution >= 0.6 is 0 Å². The van der Waals surface area contributed by atoms with Crippen LogP contribution in [0, 0.1) is 0 Å². The van der Waals surface area contributed by atoms with Crippen molar-refractivity contribution in [3.63, 3.8) is 0 Å². The molecule has 26 heavy (non-hydrogen) atoms. The highest BCUT2D eigenvalue weighted by Gasteiger charge is 2.15. The molecule has 6 heteroatoms. The lowest BCUT2D eigenvalue weighted by molar-refractivity contribution is 0.0947. The lowest BCUT2D eigenvalue weighted by Gasteiger charge is -2.14. The third-order valence-corrected chi connectivity index (χ3v) is 4.07. The number of methoxy groups -OCH3 is 3. The smallest absolute Gasteiger partial charge is 0.270 e. The van der Waals surface area contributed by atoms with Crippen molar-refractivity contribution in [2.24, 2.45) is 0 Å². The number of pyridine rings is 1. The fraction of sp³-hybridized carbons (Fsp3) is 0.200. The summed E-state index contributed by atoms with van der Waals surface area (Å²) in [6, 6.07) is 13.1. The maximum Gasteiger partial charge on any atom is 0.270 e. The average molecular weight is 352 g/mol. The molecule has 3 rings (SSSR count). The van der Waals surface area contributed by atoms with Crippen LogP contribution in [-0.2, 0) is 6.54 Å². The van der Waals surface area contributed by atoms with Crippen LogP contribution < -0.4 is 19.5 Å². The summed E-state index contributed by atoms with van der Waals surface area (Å²) < 4.78 is 16.0. The number of nitrogens with zero attached hydrogens (tertiary/aromatic N) is 1. The van der Waals surface area contributed by atoms with Crippen molar-refractivity contribution < 1.29 is 19.0 Å². The minimum absolute atomic E-state index is 0.240. The van der Waals surface area contributed by atoms with Crippen LogP contribution in [0.15, 0.2) is 48.7 Å². The maximum atomic E-state index is 12.6. The van der Waals surface area contributed by atoms with Gasteiger partial charge in [-0.1, -0.05) is 24.3 Å². The first-order chi connectivity index (χ1) is 12.7. The molecule has 1 N–H and O–H groups in total. The molecular formula is C20H20N2O4. The fourth-order valence-corrected chi connectivity index (χ4v) is 2.80. The largest absolute Gasteiger partial charge is 0.493 e. The van der Waals surface area contributed by atoms with Gasteiger partial charge in [0.25, 0.3) is 5.91 Å². The predicted octanol–water partition coefficient (Wildman–Crippen LogP) is 3.19. The molecule has 0 aliphatic heterocycles. The van der Waals surface area contributed by atoms with E-state index < -0.39 is 0 Å². The molecule has 0 aliphatic rings. The summed E-state index contributed by atoms with van der Waals surface area (Å²) >= 11 is 0. The molecule has 1 amide bonds. The van der Waals surface area contributed by atoms with Crippen LogP contribution in [0.3, 0.4) is 0 Å². The molecule has 0 saturated heterocycles. The van der Waals surface area contributed by atoms with Crippen LogP contribution in [0.1, 0.15) is 16.1 Å². The van der Waals surface area contributed by atoms with E-state index in [0.717, 1.165) is 16.3 Å². The van der Waals surface area contributed by atoms with Crippen molar-refractivity contribution in [1.82, 2.24) is 10.3 Å². The molecule has 6 nitrogen and oxygen atoms in total. The zero-order chi connectivity index (χ0) is 18.5. The highest BCUT2D eigenvalue weighted by Crippen LogP contribution is 2.38. The van der Waals surface area contributed by atoms with Gasteiger partial charge in [0.05, 0.1) is 21.3 Å². The van der Waals surface area contributed by atoms with E-state index in [4.69, 9.17) is 14.2 Å². The average Bonchev–Trinajstić information content (AvgIpc) is 2.70. The van der Waals surface area contributed by atoms with Crippen LogP contribution in [0.2, 0.25) is 0 Å². The monoisotopic (exact) mass is 352 g/mol. The Labute approximate surface area is 151 Å². The molecular weight excluding hydrogens is 332 g/mol. The number of carbonyl (C=O) groups is 1. The van der Waals surface area contributed by atoms with E-state index in [1.807, 2.05) is 30.3 Å². The molecule has 0 fully saturated rings. The van der Waals surface area contributed by atoms with Gasteiger partial charge >= 0.3 is 0 Å². The van der Waals surface area contributed by atoms with E-state index in [-0.39, 0.29) is 5.91 Å².